The van der Waals surface area contributed by atoms with Gasteiger partial charge in [0.05, 0.1) is 19.8 Å². The van der Waals surface area contributed by atoms with Crippen molar-refractivity contribution in [3.8, 4) is 0 Å². The Labute approximate surface area is 129 Å². The average Bonchev–Trinajstić information content (AvgIpc) is 2.48. The topological polar surface area (TPSA) is 27.7 Å². The molecule has 0 N–H and O–H groups in total. The fourth-order valence-corrected chi connectivity index (χ4v) is 3.07. The molecule has 0 aromatic carbocycles. The summed E-state index contributed by atoms with van der Waals surface area (Å²) in [4.78, 5) is 0. The number of hydrogen-bond donors (Lipinski definition) is 0. The van der Waals surface area contributed by atoms with Gasteiger partial charge in [0.2, 0.25) is 0 Å². The van der Waals surface area contributed by atoms with Crippen LogP contribution in [0.1, 0.15) is 19.3 Å². The van der Waals surface area contributed by atoms with Crippen LogP contribution in [0.5, 0.6) is 0 Å². The van der Waals surface area contributed by atoms with E-state index in [-0.39, 0.29) is 0 Å². The van der Waals surface area contributed by atoms with Gasteiger partial charge in [0.15, 0.2) is 0 Å². The van der Waals surface area contributed by atoms with Crippen molar-refractivity contribution in [2.45, 2.75) is 19.3 Å². The van der Waals surface area contributed by atoms with Gasteiger partial charge in [-0.15, -0.1) is 19.7 Å². The Morgan fingerprint density at radius 1 is 0.619 bits per heavy atom. The molecule has 0 unspecified atom stereocenters. The maximum atomic E-state index is 5.64. The highest BCUT2D eigenvalue weighted by Gasteiger charge is 2.29. The molecule has 0 bridgehead atoms. The van der Waals surface area contributed by atoms with Crippen LogP contribution < -0.4 is 0 Å². The van der Waals surface area contributed by atoms with E-state index in [4.69, 9.17) is 14.2 Å². The summed E-state index contributed by atoms with van der Waals surface area (Å²) in [5, 5.41) is 0. The van der Waals surface area contributed by atoms with Crippen molar-refractivity contribution in [3.63, 3.8) is 0 Å². The predicted octanol–water partition coefficient (Wildman–Crippen LogP) is 3.63. The Hall–Kier alpha value is -0.900. The van der Waals surface area contributed by atoms with E-state index in [2.05, 4.69) is 19.7 Å². The molecular weight excluding hydrogens is 264 g/mol. The Balaban J connectivity index is 2.40. The zero-order chi connectivity index (χ0) is 15.3. The molecule has 0 heterocycles. The molecule has 0 aromatic rings. The van der Waals surface area contributed by atoms with Crippen LogP contribution in [0.3, 0.4) is 0 Å². The minimum Gasteiger partial charge on any atom is -0.377 e. The second-order valence-electron chi connectivity index (χ2n) is 5.78. The highest BCUT2D eigenvalue weighted by Crippen LogP contribution is 2.34. The third-order valence-electron chi connectivity index (χ3n) is 3.77. The van der Waals surface area contributed by atoms with E-state index >= 15 is 0 Å². The molecule has 3 heteroatoms. The zero-order valence-corrected chi connectivity index (χ0v) is 13.2. The molecule has 1 fully saturated rings. The van der Waals surface area contributed by atoms with Gasteiger partial charge in [-0.1, -0.05) is 18.2 Å². The highest BCUT2D eigenvalue weighted by atomic mass is 16.5. The third kappa shape index (κ3) is 8.20. The molecule has 0 amide bonds. The summed E-state index contributed by atoms with van der Waals surface area (Å²) in [6.07, 6.45) is 8.93. The lowest BCUT2D eigenvalue weighted by Gasteiger charge is -2.34. The van der Waals surface area contributed by atoms with Gasteiger partial charge < -0.3 is 14.2 Å². The third-order valence-corrected chi connectivity index (χ3v) is 3.77. The Kier molecular flexibility index (Phi) is 10.1. The van der Waals surface area contributed by atoms with E-state index < -0.39 is 0 Å². The van der Waals surface area contributed by atoms with E-state index in [0.29, 0.717) is 37.6 Å². The molecule has 0 radical (unpaired) electrons. The molecule has 1 aliphatic carbocycles. The SMILES string of the molecule is C=CCOCC1CC(COCC=C)CC(COCC=C)C1. The minimum absolute atomic E-state index is 0.591. The van der Waals surface area contributed by atoms with Crippen molar-refractivity contribution < 1.29 is 14.2 Å². The molecule has 0 aliphatic heterocycles. The van der Waals surface area contributed by atoms with Crippen LogP contribution in [0.2, 0.25) is 0 Å². The first-order chi connectivity index (χ1) is 10.3. The van der Waals surface area contributed by atoms with Gasteiger partial charge in [0.25, 0.3) is 0 Å². The minimum atomic E-state index is 0.591. The van der Waals surface area contributed by atoms with Gasteiger partial charge in [-0.05, 0) is 37.0 Å². The van der Waals surface area contributed by atoms with Gasteiger partial charge in [0, 0.05) is 19.8 Å². The summed E-state index contributed by atoms with van der Waals surface area (Å²) in [6, 6.07) is 0. The monoisotopic (exact) mass is 294 g/mol. The predicted molar refractivity (Wildman–Crippen MR) is 87.4 cm³/mol. The summed E-state index contributed by atoms with van der Waals surface area (Å²) in [6.45, 7) is 15.4. The summed E-state index contributed by atoms with van der Waals surface area (Å²) < 4.78 is 16.9. The highest BCUT2D eigenvalue weighted by molar-refractivity contribution is 4.80. The van der Waals surface area contributed by atoms with Crippen LogP contribution in [0.4, 0.5) is 0 Å². The number of ether oxygens (including phenoxy) is 3. The van der Waals surface area contributed by atoms with Crippen molar-refractivity contribution in [3.05, 3.63) is 38.0 Å². The average molecular weight is 294 g/mol. The van der Waals surface area contributed by atoms with Crippen LogP contribution in [0.25, 0.3) is 0 Å². The second-order valence-corrected chi connectivity index (χ2v) is 5.78. The standard InChI is InChI=1S/C18H30O3/c1-4-7-19-13-16-10-17(14-20-8-5-2)12-18(11-16)15-21-9-6-3/h4-6,16-18H,1-3,7-15H2. The molecule has 0 atom stereocenters. The van der Waals surface area contributed by atoms with E-state index in [0.717, 1.165) is 19.8 Å². The molecule has 0 saturated heterocycles. The maximum absolute atomic E-state index is 5.64. The van der Waals surface area contributed by atoms with Crippen molar-refractivity contribution in [2.75, 3.05) is 39.6 Å². The quantitative estimate of drug-likeness (QED) is 0.406. The van der Waals surface area contributed by atoms with Gasteiger partial charge in [-0.2, -0.15) is 0 Å². The largest absolute Gasteiger partial charge is 0.377 e. The molecule has 0 spiro atoms. The second kappa shape index (κ2) is 11.7. The summed E-state index contributed by atoms with van der Waals surface area (Å²) in [5.74, 6) is 1.77. The molecular formula is C18H30O3. The van der Waals surface area contributed by atoms with Crippen molar-refractivity contribution in [2.24, 2.45) is 17.8 Å². The van der Waals surface area contributed by atoms with Crippen molar-refractivity contribution in [1.29, 1.82) is 0 Å². The molecule has 1 aliphatic rings. The van der Waals surface area contributed by atoms with Gasteiger partial charge in [-0.25, -0.2) is 0 Å². The van der Waals surface area contributed by atoms with Gasteiger partial charge in [-0.3, -0.25) is 0 Å². The first kappa shape index (κ1) is 18.1. The smallest absolute Gasteiger partial charge is 0.0644 e. The van der Waals surface area contributed by atoms with Gasteiger partial charge >= 0.3 is 0 Å². The van der Waals surface area contributed by atoms with Crippen LogP contribution in [0, 0.1) is 17.8 Å². The van der Waals surface area contributed by atoms with E-state index in [9.17, 15) is 0 Å². The molecule has 1 saturated carbocycles. The molecule has 0 aromatic heterocycles. The van der Waals surface area contributed by atoms with Crippen LogP contribution in [0.15, 0.2) is 38.0 Å². The van der Waals surface area contributed by atoms with E-state index in [1.807, 2.05) is 0 Å². The Morgan fingerprint density at radius 2 is 0.905 bits per heavy atom. The van der Waals surface area contributed by atoms with E-state index in [1.54, 1.807) is 18.2 Å². The Bertz CT molecular complexity index is 247. The zero-order valence-electron chi connectivity index (χ0n) is 13.2. The first-order valence-corrected chi connectivity index (χ1v) is 7.86. The van der Waals surface area contributed by atoms with Crippen LogP contribution >= 0.6 is 0 Å². The first-order valence-electron chi connectivity index (χ1n) is 7.86. The number of hydrogen-bond acceptors (Lipinski definition) is 3. The van der Waals surface area contributed by atoms with E-state index in [1.165, 1.54) is 19.3 Å². The fourth-order valence-electron chi connectivity index (χ4n) is 3.07. The molecule has 21 heavy (non-hydrogen) atoms. The number of rotatable bonds is 12. The van der Waals surface area contributed by atoms with Crippen molar-refractivity contribution in [1.82, 2.24) is 0 Å². The molecule has 1 rings (SSSR count). The normalized spacial score (nSPS) is 25.4. The lowest BCUT2D eigenvalue weighted by molar-refractivity contribution is 0.0143. The molecule has 3 nitrogen and oxygen atoms in total. The Morgan fingerprint density at radius 3 is 1.14 bits per heavy atom. The fraction of sp³-hybridized carbons (Fsp3) is 0.667. The molecule has 120 valence electrons. The summed E-state index contributed by atoms with van der Waals surface area (Å²) in [5.41, 5.74) is 0. The van der Waals surface area contributed by atoms with Crippen LogP contribution in [-0.2, 0) is 14.2 Å². The summed E-state index contributed by atoms with van der Waals surface area (Å²) >= 11 is 0. The van der Waals surface area contributed by atoms with Crippen LogP contribution in [-0.4, -0.2) is 39.6 Å². The van der Waals surface area contributed by atoms with Gasteiger partial charge in [0.1, 0.15) is 0 Å². The maximum Gasteiger partial charge on any atom is 0.0644 e. The lowest BCUT2D eigenvalue weighted by Crippen LogP contribution is -2.30. The van der Waals surface area contributed by atoms with Crippen molar-refractivity contribution >= 4 is 0 Å². The lowest BCUT2D eigenvalue weighted by atomic mass is 9.76. The summed E-state index contributed by atoms with van der Waals surface area (Å²) in [7, 11) is 0.